The molecule has 0 fully saturated rings. The van der Waals surface area contributed by atoms with E-state index in [1.54, 1.807) is 28.9 Å². The van der Waals surface area contributed by atoms with Crippen LogP contribution in [0.3, 0.4) is 0 Å². The van der Waals surface area contributed by atoms with Gasteiger partial charge in [-0.05, 0) is 35.9 Å². The number of methoxy groups -OCH3 is 1. The summed E-state index contributed by atoms with van der Waals surface area (Å²) in [4.78, 5) is 37.3. The van der Waals surface area contributed by atoms with Crippen LogP contribution in [0.5, 0.6) is 5.88 Å². The lowest BCUT2D eigenvalue weighted by Gasteiger charge is -2.12. The first-order valence-electron chi connectivity index (χ1n) is 9.44. The maximum absolute atomic E-state index is 13.2. The molecule has 0 bridgehead atoms. The van der Waals surface area contributed by atoms with Crippen LogP contribution < -0.4 is 21.3 Å². The van der Waals surface area contributed by atoms with E-state index in [2.05, 4.69) is 15.5 Å². The van der Waals surface area contributed by atoms with Crippen molar-refractivity contribution < 1.29 is 9.53 Å². The number of anilines is 1. The standard InChI is InChI=1S/C21H20N6O4/c1-13(28)22-16-5-4-6-17(10-16)27-21(30)26(20(29)19(24-27)31-3)11-14-7-8-18-15(9-14)12-25(2)23-18/h4-10,12H,11H2,1-3H3,(H,22,28). The molecular formula is C21H20N6O4. The number of fused-ring (bicyclic) bond motifs is 1. The predicted octanol–water partition coefficient (Wildman–Crippen LogP) is 1.30. The minimum atomic E-state index is -0.631. The molecule has 4 aromatic rings. The van der Waals surface area contributed by atoms with Gasteiger partial charge >= 0.3 is 11.2 Å². The minimum absolute atomic E-state index is 0.0345. The third-order valence-electron chi connectivity index (χ3n) is 4.66. The minimum Gasteiger partial charge on any atom is -0.476 e. The molecule has 1 N–H and O–H groups in total. The predicted molar refractivity (Wildman–Crippen MR) is 115 cm³/mol. The summed E-state index contributed by atoms with van der Waals surface area (Å²) in [5, 5.41) is 11.9. The first-order valence-corrected chi connectivity index (χ1v) is 9.44. The molecule has 10 heteroatoms. The number of hydrogen-bond acceptors (Lipinski definition) is 6. The highest BCUT2D eigenvalue weighted by Crippen LogP contribution is 2.15. The molecule has 0 aliphatic heterocycles. The average Bonchev–Trinajstić information content (AvgIpc) is 3.10. The molecular weight excluding hydrogens is 400 g/mol. The monoisotopic (exact) mass is 420 g/mol. The van der Waals surface area contributed by atoms with Gasteiger partial charge in [-0.15, -0.1) is 5.10 Å². The summed E-state index contributed by atoms with van der Waals surface area (Å²) < 4.78 is 8.96. The van der Waals surface area contributed by atoms with Crippen LogP contribution in [0, 0.1) is 0 Å². The Hall–Kier alpha value is -4.21. The number of ether oxygens (including phenoxy) is 1. The number of benzene rings is 2. The van der Waals surface area contributed by atoms with E-state index in [0.29, 0.717) is 11.4 Å². The SMILES string of the molecule is COc1nn(-c2cccc(NC(C)=O)c2)c(=O)n(Cc2ccc3nn(C)cc3c2)c1=O. The fourth-order valence-corrected chi connectivity index (χ4v) is 3.33. The van der Waals surface area contributed by atoms with Gasteiger partial charge in [0.2, 0.25) is 5.91 Å². The lowest BCUT2D eigenvalue weighted by molar-refractivity contribution is -0.114. The third-order valence-corrected chi connectivity index (χ3v) is 4.66. The molecule has 0 atom stereocenters. The van der Waals surface area contributed by atoms with Crippen molar-refractivity contribution in [2.75, 3.05) is 12.4 Å². The van der Waals surface area contributed by atoms with Crippen molar-refractivity contribution >= 4 is 22.5 Å². The van der Waals surface area contributed by atoms with E-state index >= 15 is 0 Å². The van der Waals surface area contributed by atoms with E-state index in [1.807, 2.05) is 31.4 Å². The van der Waals surface area contributed by atoms with Gasteiger partial charge in [0.25, 0.3) is 5.88 Å². The molecule has 10 nitrogen and oxygen atoms in total. The second kappa shape index (κ2) is 7.90. The van der Waals surface area contributed by atoms with Crippen molar-refractivity contribution in [1.29, 1.82) is 0 Å². The van der Waals surface area contributed by atoms with E-state index in [9.17, 15) is 14.4 Å². The zero-order valence-corrected chi connectivity index (χ0v) is 17.2. The highest BCUT2D eigenvalue weighted by molar-refractivity contribution is 5.88. The zero-order chi connectivity index (χ0) is 22.1. The van der Waals surface area contributed by atoms with Crippen molar-refractivity contribution in [2.45, 2.75) is 13.5 Å². The number of nitrogens with zero attached hydrogens (tertiary/aromatic N) is 5. The van der Waals surface area contributed by atoms with Crippen LogP contribution >= 0.6 is 0 Å². The normalized spacial score (nSPS) is 10.9. The van der Waals surface area contributed by atoms with Crippen LogP contribution in [0.25, 0.3) is 16.6 Å². The molecule has 2 heterocycles. The number of carbonyl (C=O) groups is 1. The van der Waals surface area contributed by atoms with Crippen LogP contribution in [0.1, 0.15) is 12.5 Å². The van der Waals surface area contributed by atoms with Crippen molar-refractivity contribution in [3.05, 3.63) is 75.1 Å². The van der Waals surface area contributed by atoms with Crippen LogP contribution in [0.2, 0.25) is 0 Å². The van der Waals surface area contributed by atoms with Gasteiger partial charge in [0.05, 0.1) is 24.9 Å². The summed E-state index contributed by atoms with van der Waals surface area (Å²) in [6.45, 7) is 1.42. The van der Waals surface area contributed by atoms with E-state index in [4.69, 9.17) is 4.74 Å². The molecule has 1 amide bonds. The first-order chi connectivity index (χ1) is 14.9. The summed E-state index contributed by atoms with van der Waals surface area (Å²) in [6.07, 6.45) is 1.86. The van der Waals surface area contributed by atoms with Crippen molar-refractivity contribution in [3.8, 4) is 11.6 Å². The van der Waals surface area contributed by atoms with Gasteiger partial charge in [0.1, 0.15) is 0 Å². The summed E-state index contributed by atoms with van der Waals surface area (Å²) in [5.74, 6) is -0.460. The fourth-order valence-electron chi connectivity index (χ4n) is 3.33. The molecule has 0 radical (unpaired) electrons. The second-order valence-electron chi connectivity index (χ2n) is 7.02. The number of rotatable bonds is 5. The van der Waals surface area contributed by atoms with E-state index in [1.165, 1.54) is 14.0 Å². The number of amides is 1. The van der Waals surface area contributed by atoms with Crippen LogP contribution in [-0.4, -0.2) is 37.1 Å². The van der Waals surface area contributed by atoms with Crippen LogP contribution in [0.15, 0.2) is 58.3 Å². The van der Waals surface area contributed by atoms with Crippen LogP contribution in [0.4, 0.5) is 5.69 Å². The fraction of sp³-hybridized carbons (Fsp3) is 0.190. The Morgan fingerprint density at radius 2 is 1.94 bits per heavy atom. The van der Waals surface area contributed by atoms with E-state index in [-0.39, 0.29) is 18.3 Å². The molecule has 0 aliphatic carbocycles. The summed E-state index contributed by atoms with van der Waals surface area (Å²) in [6, 6.07) is 12.1. The number of aromatic nitrogens is 5. The topological polar surface area (TPSA) is 113 Å². The largest absolute Gasteiger partial charge is 0.476 e. The Morgan fingerprint density at radius 1 is 1.13 bits per heavy atom. The molecule has 0 spiro atoms. The molecule has 2 aromatic heterocycles. The highest BCUT2D eigenvalue weighted by atomic mass is 16.5. The zero-order valence-electron chi connectivity index (χ0n) is 17.2. The Bertz CT molecular complexity index is 1420. The maximum atomic E-state index is 13.2. The molecule has 0 saturated carbocycles. The maximum Gasteiger partial charge on any atom is 0.352 e. The van der Waals surface area contributed by atoms with Gasteiger partial charge < -0.3 is 10.1 Å². The van der Waals surface area contributed by atoms with Crippen molar-refractivity contribution in [1.82, 2.24) is 24.1 Å². The number of hydrogen-bond donors (Lipinski definition) is 1. The first kappa shape index (κ1) is 20.1. The summed E-state index contributed by atoms with van der Waals surface area (Å²) in [5.41, 5.74) is 1.19. The Labute approximate surface area is 176 Å². The van der Waals surface area contributed by atoms with Gasteiger partial charge in [-0.3, -0.25) is 14.3 Å². The lowest BCUT2D eigenvalue weighted by Crippen LogP contribution is -2.41. The third kappa shape index (κ3) is 3.95. The van der Waals surface area contributed by atoms with Crippen molar-refractivity contribution in [2.24, 2.45) is 7.05 Å². The molecule has 0 saturated heterocycles. The average molecular weight is 420 g/mol. The number of nitrogens with one attached hydrogen (secondary N) is 1. The van der Waals surface area contributed by atoms with Crippen LogP contribution in [-0.2, 0) is 18.4 Å². The molecule has 158 valence electrons. The van der Waals surface area contributed by atoms with Gasteiger partial charge in [-0.1, -0.05) is 12.1 Å². The summed E-state index contributed by atoms with van der Waals surface area (Å²) >= 11 is 0. The van der Waals surface area contributed by atoms with Gasteiger partial charge in [0.15, 0.2) is 0 Å². The Balaban J connectivity index is 1.82. The second-order valence-corrected chi connectivity index (χ2v) is 7.02. The Kier molecular flexibility index (Phi) is 5.12. The van der Waals surface area contributed by atoms with Gasteiger partial charge in [-0.2, -0.15) is 9.78 Å². The quantitative estimate of drug-likeness (QED) is 0.521. The lowest BCUT2D eigenvalue weighted by atomic mass is 10.1. The molecule has 0 aliphatic rings. The Morgan fingerprint density at radius 3 is 2.68 bits per heavy atom. The number of carbonyl (C=O) groups excluding carboxylic acids is 1. The van der Waals surface area contributed by atoms with E-state index in [0.717, 1.165) is 25.7 Å². The van der Waals surface area contributed by atoms with Crippen molar-refractivity contribution in [3.63, 3.8) is 0 Å². The van der Waals surface area contributed by atoms with E-state index < -0.39 is 11.2 Å². The highest BCUT2D eigenvalue weighted by Gasteiger charge is 2.16. The van der Waals surface area contributed by atoms with Gasteiger partial charge in [0, 0.05) is 31.2 Å². The molecule has 31 heavy (non-hydrogen) atoms. The van der Waals surface area contributed by atoms with Gasteiger partial charge in [-0.25, -0.2) is 9.36 Å². The molecule has 4 rings (SSSR count). The molecule has 2 aromatic carbocycles. The number of aryl methyl sites for hydroxylation is 1. The smallest absolute Gasteiger partial charge is 0.352 e. The summed E-state index contributed by atoms with van der Waals surface area (Å²) in [7, 11) is 3.14. The molecule has 0 unspecified atom stereocenters.